The van der Waals surface area contributed by atoms with Crippen molar-refractivity contribution in [1.82, 2.24) is 19.5 Å². The number of thiophene rings is 1. The van der Waals surface area contributed by atoms with E-state index in [0.29, 0.717) is 29.3 Å². The molecule has 2 N–H and O–H groups in total. The first-order valence-corrected chi connectivity index (χ1v) is 12.8. The number of ether oxygens (including phenoxy) is 1. The van der Waals surface area contributed by atoms with Gasteiger partial charge in [0.05, 0.1) is 34.2 Å². The molecule has 8 nitrogen and oxygen atoms in total. The van der Waals surface area contributed by atoms with Gasteiger partial charge in [0.1, 0.15) is 24.1 Å². The molecule has 35 heavy (non-hydrogen) atoms. The van der Waals surface area contributed by atoms with E-state index in [2.05, 4.69) is 25.9 Å². The average Bonchev–Trinajstić information content (AvgIpc) is 3.53. The molecule has 1 saturated carbocycles. The first kappa shape index (κ1) is 22.3. The van der Waals surface area contributed by atoms with Crippen molar-refractivity contribution in [2.45, 2.75) is 51.5 Å². The second-order valence-corrected chi connectivity index (χ2v) is 10.7. The highest BCUT2D eigenvalue weighted by molar-refractivity contribution is 7.14. The molecule has 0 unspecified atom stereocenters. The van der Waals surface area contributed by atoms with E-state index in [4.69, 9.17) is 9.72 Å². The van der Waals surface area contributed by atoms with Gasteiger partial charge in [-0.25, -0.2) is 15.0 Å². The van der Waals surface area contributed by atoms with Crippen LogP contribution in [0.25, 0.3) is 11.0 Å². The van der Waals surface area contributed by atoms with Crippen LogP contribution in [0, 0.1) is 12.8 Å². The van der Waals surface area contributed by atoms with Gasteiger partial charge >= 0.3 is 0 Å². The topological polar surface area (TPSA) is 102 Å². The van der Waals surface area contributed by atoms with Crippen LogP contribution in [-0.2, 0) is 11.3 Å². The van der Waals surface area contributed by atoms with E-state index in [0.717, 1.165) is 40.3 Å². The summed E-state index contributed by atoms with van der Waals surface area (Å²) >= 11 is 1.45. The van der Waals surface area contributed by atoms with Crippen LogP contribution in [0.4, 0.5) is 5.82 Å². The maximum atomic E-state index is 13.6. The summed E-state index contributed by atoms with van der Waals surface area (Å²) in [5.41, 5.74) is 3.45. The summed E-state index contributed by atoms with van der Waals surface area (Å²) in [6.07, 6.45) is 3.83. The Morgan fingerprint density at radius 3 is 2.97 bits per heavy atom. The molecule has 1 aromatic carbocycles. The molecule has 180 valence electrons. The molecule has 0 saturated heterocycles. The molecule has 2 aliphatic rings. The number of aliphatic hydroxyl groups excluding tert-OH is 1. The maximum Gasteiger partial charge on any atom is 0.208 e. The van der Waals surface area contributed by atoms with Gasteiger partial charge in [0.25, 0.3) is 0 Å². The number of rotatable bonds is 5. The molecule has 9 heteroatoms. The van der Waals surface area contributed by atoms with Crippen LogP contribution in [0.1, 0.15) is 57.4 Å². The van der Waals surface area contributed by atoms with Crippen molar-refractivity contribution in [2.24, 2.45) is 5.92 Å². The van der Waals surface area contributed by atoms with Crippen molar-refractivity contribution < 1.29 is 14.6 Å². The second-order valence-electron chi connectivity index (χ2n) is 9.45. The molecule has 4 aromatic rings. The zero-order valence-electron chi connectivity index (χ0n) is 19.6. The number of aliphatic hydroxyl groups is 1. The number of carbonyl (C=O) groups excluding carboxylic acids is 1. The number of nitrogens with zero attached hydrogens (tertiary/aromatic N) is 4. The van der Waals surface area contributed by atoms with Gasteiger partial charge in [-0.15, -0.1) is 11.3 Å². The molecule has 0 radical (unpaired) electrons. The third-order valence-corrected chi connectivity index (χ3v) is 8.18. The Morgan fingerprint density at radius 1 is 1.29 bits per heavy atom. The number of aryl methyl sites for hydroxylation is 1. The van der Waals surface area contributed by atoms with E-state index in [9.17, 15) is 9.90 Å². The van der Waals surface area contributed by atoms with Gasteiger partial charge in [-0.2, -0.15) is 0 Å². The van der Waals surface area contributed by atoms with Crippen molar-refractivity contribution >= 4 is 34.0 Å². The smallest absolute Gasteiger partial charge is 0.208 e. The van der Waals surface area contributed by atoms with Crippen LogP contribution in [0.5, 0.6) is 0 Å². The number of ketones is 1. The summed E-state index contributed by atoms with van der Waals surface area (Å²) < 4.78 is 8.40. The third kappa shape index (κ3) is 3.93. The Kier molecular flexibility index (Phi) is 5.63. The molecule has 3 aromatic heterocycles. The molecule has 6 rings (SSSR count). The van der Waals surface area contributed by atoms with Gasteiger partial charge in [-0.05, 0) is 43.9 Å². The Hall–Kier alpha value is -3.14. The fourth-order valence-electron chi connectivity index (χ4n) is 5.24. The molecule has 0 spiro atoms. The minimum atomic E-state index is -0.337. The van der Waals surface area contributed by atoms with Gasteiger partial charge in [-0.1, -0.05) is 19.1 Å². The third-order valence-electron chi connectivity index (χ3n) is 7.12. The number of anilines is 1. The van der Waals surface area contributed by atoms with Gasteiger partial charge in [0.2, 0.25) is 5.78 Å². The van der Waals surface area contributed by atoms with Gasteiger partial charge in [0.15, 0.2) is 0 Å². The van der Waals surface area contributed by atoms with Crippen LogP contribution < -0.4 is 5.32 Å². The number of aromatic nitrogens is 4. The maximum absolute atomic E-state index is 13.6. The molecule has 0 amide bonds. The van der Waals surface area contributed by atoms with Crippen molar-refractivity contribution in [1.29, 1.82) is 0 Å². The SMILES string of the molecule is Cc1sc(C(=O)c2cncnc2N[C@@H]2C[C@@H](C)[C@H](O)C2)cc1[C@H]1OCCn2c1nc1ccccc12. The highest BCUT2D eigenvalue weighted by atomic mass is 32.1. The zero-order chi connectivity index (χ0) is 24.1. The number of hydrogen-bond acceptors (Lipinski definition) is 8. The lowest BCUT2D eigenvalue weighted by molar-refractivity contribution is 0.0441. The molecular formula is C26H27N5O3S. The van der Waals surface area contributed by atoms with Crippen LogP contribution in [0.2, 0.25) is 0 Å². The van der Waals surface area contributed by atoms with Crippen LogP contribution >= 0.6 is 11.3 Å². The van der Waals surface area contributed by atoms with Crippen molar-refractivity contribution in [3.05, 3.63) is 69.6 Å². The largest absolute Gasteiger partial charge is 0.393 e. The monoisotopic (exact) mass is 489 g/mol. The van der Waals surface area contributed by atoms with E-state index in [1.165, 1.54) is 17.7 Å². The minimum absolute atomic E-state index is 0.0747. The van der Waals surface area contributed by atoms with E-state index >= 15 is 0 Å². The van der Waals surface area contributed by atoms with Gasteiger partial charge < -0.3 is 19.7 Å². The summed E-state index contributed by atoms with van der Waals surface area (Å²) in [5.74, 6) is 1.48. The summed E-state index contributed by atoms with van der Waals surface area (Å²) in [5, 5.41) is 13.5. The predicted molar refractivity (Wildman–Crippen MR) is 134 cm³/mol. The highest BCUT2D eigenvalue weighted by Crippen LogP contribution is 2.38. The van der Waals surface area contributed by atoms with Gasteiger partial charge in [-0.3, -0.25) is 4.79 Å². The second kappa shape index (κ2) is 8.82. The van der Waals surface area contributed by atoms with E-state index < -0.39 is 0 Å². The molecular weight excluding hydrogens is 462 g/mol. The quantitative estimate of drug-likeness (QED) is 0.407. The number of hydrogen-bond donors (Lipinski definition) is 2. The fraction of sp³-hybridized carbons (Fsp3) is 0.385. The number of para-hydroxylation sites is 2. The number of carbonyl (C=O) groups is 1. The predicted octanol–water partition coefficient (Wildman–Crippen LogP) is 4.12. The molecule has 1 aliphatic heterocycles. The minimum Gasteiger partial charge on any atom is -0.393 e. The Balaban J connectivity index is 1.31. The summed E-state index contributed by atoms with van der Waals surface area (Å²) in [6.45, 7) is 5.40. The van der Waals surface area contributed by atoms with Gasteiger partial charge in [0, 0.05) is 29.2 Å². The fourth-order valence-corrected chi connectivity index (χ4v) is 6.25. The number of imidazole rings is 1. The van der Waals surface area contributed by atoms with E-state index in [1.54, 1.807) is 6.20 Å². The normalized spacial score (nSPS) is 24.0. The molecule has 1 aliphatic carbocycles. The Morgan fingerprint density at radius 2 is 2.14 bits per heavy atom. The molecule has 4 atom stereocenters. The summed E-state index contributed by atoms with van der Waals surface area (Å²) in [7, 11) is 0. The standard InChI is InChI=1S/C26H27N5O3S/c1-14-9-16(10-21(14)32)29-25-18(12-27-13-28-25)23(33)22-11-17(15(2)35-22)24-26-30-19-5-3-4-6-20(19)31(26)7-8-34-24/h3-6,11-14,16,21,24,32H,7-10H2,1-2H3,(H,27,28,29)/t14-,16-,21-,24-/m1/s1. The van der Waals surface area contributed by atoms with Crippen molar-refractivity contribution in [3.8, 4) is 0 Å². The van der Waals surface area contributed by atoms with Crippen molar-refractivity contribution in [2.75, 3.05) is 11.9 Å². The average molecular weight is 490 g/mol. The summed E-state index contributed by atoms with van der Waals surface area (Å²) in [4.78, 5) is 28.6. The van der Waals surface area contributed by atoms with Crippen LogP contribution in [0.3, 0.4) is 0 Å². The highest BCUT2D eigenvalue weighted by Gasteiger charge is 2.32. The lowest BCUT2D eigenvalue weighted by Gasteiger charge is -2.24. The Bertz CT molecular complexity index is 1400. The first-order chi connectivity index (χ1) is 17.0. The van der Waals surface area contributed by atoms with E-state index in [1.807, 2.05) is 38.1 Å². The summed E-state index contributed by atoms with van der Waals surface area (Å²) in [6, 6.07) is 10.1. The zero-order valence-corrected chi connectivity index (χ0v) is 20.5. The molecule has 0 bridgehead atoms. The van der Waals surface area contributed by atoms with Crippen LogP contribution in [0.15, 0.2) is 42.9 Å². The van der Waals surface area contributed by atoms with Crippen LogP contribution in [-0.4, -0.2) is 49.2 Å². The first-order valence-electron chi connectivity index (χ1n) is 12.0. The number of benzene rings is 1. The number of fused-ring (bicyclic) bond motifs is 3. The lowest BCUT2D eigenvalue weighted by Crippen LogP contribution is -2.23. The Labute approximate surface area is 207 Å². The lowest BCUT2D eigenvalue weighted by atomic mass is 10.1. The van der Waals surface area contributed by atoms with Crippen molar-refractivity contribution in [3.63, 3.8) is 0 Å². The molecule has 4 heterocycles. The van der Waals surface area contributed by atoms with E-state index in [-0.39, 0.29) is 30.0 Å². The number of nitrogens with one attached hydrogen (secondary N) is 1. The molecule has 1 fully saturated rings.